The van der Waals surface area contributed by atoms with E-state index in [1.165, 1.54) is 11.3 Å². The first kappa shape index (κ1) is 19.1. The van der Waals surface area contributed by atoms with Crippen LogP contribution < -0.4 is 5.32 Å². The molecule has 0 saturated carbocycles. The van der Waals surface area contributed by atoms with Crippen LogP contribution in [-0.4, -0.2) is 28.6 Å². The Kier molecular flexibility index (Phi) is 5.02. The Morgan fingerprint density at radius 3 is 2.76 bits per heavy atom. The molecule has 0 unspecified atom stereocenters. The third-order valence-electron chi connectivity index (χ3n) is 4.63. The van der Waals surface area contributed by atoms with E-state index in [4.69, 9.17) is 9.26 Å². The van der Waals surface area contributed by atoms with E-state index in [0.717, 1.165) is 21.2 Å². The highest BCUT2D eigenvalue weighted by atomic mass is 32.1. The highest BCUT2D eigenvalue weighted by molar-refractivity contribution is 7.22. The average Bonchev–Trinajstić information content (AvgIpc) is 3.25. The molecular formula is C21H19N3O4S. The number of ether oxygens (including phenoxy) is 1. The van der Waals surface area contributed by atoms with Gasteiger partial charge in [0.15, 0.2) is 10.7 Å². The van der Waals surface area contributed by atoms with Crippen LogP contribution in [-0.2, 0) is 16.0 Å². The van der Waals surface area contributed by atoms with Crippen molar-refractivity contribution < 1.29 is 18.8 Å². The summed E-state index contributed by atoms with van der Waals surface area (Å²) >= 11 is 1.30. The number of aromatic nitrogens is 2. The van der Waals surface area contributed by atoms with Gasteiger partial charge in [-0.25, -0.2) is 9.78 Å². The van der Waals surface area contributed by atoms with Crippen LogP contribution in [0.15, 0.2) is 34.9 Å². The first-order valence-corrected chi connectivity index (χ1v) is 9.99. The molecule has 7 nitrogen and oxygen atoms in total. The molecule has 29 heavy (non-hydrogen) atoms. The number of esters is 1. The number of nitrogens with zero attached hydrogens (tertiary/aromatic N) is 2. The topological polar surface area (TPSA) is 94.3 Å². The summed E-state index contributed by atoms with van der Waals surface area (Å²) in [4.78, 5) is 28.8. The minimum atomic E-state index is -0.378. The standard InChI is InChI=1S/C21H19N3O4S/c1-4-27-20(26)13-5-6-15-18(9-13)29-21(22-15)23-19(25)10-16-14-7-11(2)12(3)8-17(14)28-24-16/h5-9H,4,10H2,1-3H3,(H,22,23,25). The lowest BCUT2D eigenvalue weighted by atomic mass is 10.1. The molecule has 0 fully saturated rings. The van der Waals surface area contributed by atoms with Gasteiger partial charge in [-0.1, -0.05) is 16.5 Å². The van der Waals surface area contributed by atoms with Crippen LogP contribution in [0.4, 0.5) is 5.13 Å². The van der Waals surface area contributed by atoms with E-state index >= 15 is 0 Å². The molecule has 0 saturated heterocycles. The second kappa shape index (κ2) is 7.63. The van der Waals surface area contributed by atoms with Gasteiger partial charge < -0.3 is 14.6 Å². The third kappa shape index (κ3) is 3.84. The summed E-state index contributed by atoms with van der Waals surface area (Å²) in [6.07, 6.45) is 0.0828. The first-order valence-electron chi connectivity index (χ1n) is 9.17. The molecule has 0 atom stereocenters. The van der Waals surface area contributed by atoms with Gasteiger partial charge in [0.2, 0.25) is 5.91 Å². The van der Waals surface area contributed by atoms with Crippen molar-refractivity contribution in [2.24, 2.45) is 0 Å². The Morgan fingerprint density at radius 1 is 1.17 bits per heavy atom. The van der Waals surface area contributed by atoms with Crippen molar-refractivity contribution in [2.75, 3.05) is 11.9 Å². The summed E-state index contributed by atoms with van der Waals surface area (Å²) in [5.74, 6) is -0.611. The molecule has 0 aliphatic rings. The van der Waals surface area contributed by atoms with Gasteiger partial charge in [-0.05, 0) is 62.2 Å². The molecule has 0 radical (unpaired) electrons. The Labute approximate surface area is 170 Å². The number of anilines is 1. The van der Waals surface area contributed by atoms with Crippen LogP contribution in [0.5, 0.6) is 0 Å². The summed E-state index contributed by atoms with van der Waals surface area (Å²) < 4.78 is 11.2. The maximum Gasteiger partial charge on any atom is 0.338 e. The molecule has 0 bridgehead atoms. The van der Waals surface area contributed by atoms with E-state index < -0.39 is 0 Å². The smallest absolute Gasteiger partial charge is 0.338 e. The monoisotopic (exact) mass is 409 g/mol. The summed E-state index contributed by atoms with van der Waals surface area (Å²) in [5.41, 5.74) is 4.65. The van der Waals surface area contributed by atoms with Crippen molar-refractivity contribution in [3.8, 4) is 0 Å². The zero-order valence-electron chi connectivity index (χ0n) is 16.2. The maximum absolute atomic E-state index is 12.5. The Balaban J connectivity index is 1.52. The van der Waals surface area contributed by atoms with Crippen LogP contribution in [0.3, 0.4) is 0 Å². The van der Waals surface area contributed by atoms with Crippen molar-refractivity contribution in [3.05, 3.63) is 52.7 Å². The van der Waals surface area contributed by atoms with E-state index in [9.17, 15) is 9.59 Å². The van der Waals surface area contributed by atoms with E-state index in [0.29, 0.717) is 34.1 Å². The quantitative estimate of drug-likeness (QED) is 0.491. The fraction of sp³-hybridized carbons (Fsp3) is 0.238. The largest absolute Gasteiger partial charge is 0.462 e. The van der Waals surface area contributed by atoms with Crippen LogP contribution >= 0.6 is 11.3 Å². The molecule has 0 aliphatic carbocycles. The van der Waals surface area contributed by atoms with Gasteiger partial charge in [-0.2, -0.15) is 0 Å². The number of carbonyl (C=O) groups excluding carboxylic acids is 2. The normalized spacial score (nSPS) is 11.1. The highest BCUT2D eigenvalue weighted by Gasteiger charge is 2.16. The van der Waals surface area contributed by atoms with Gasteiger partial charge in [0, 0.05) is 5.39 Å². The van der Waals surface area contributed by atoms with Crippen molar-refractivity contribution in [2.45, 2.75) is 27.2 Å². The molecule has 4 rings (SSSR count). The third-order valence-corrected chi connectivity index (χ3v) is 5.57. The molecule has 8 heteroatoms. The molecule has 1 amide bonds. The van der Waals surface area contributed by atoms with Gasteiger partial charge in [0.25, 0.3) is 0 Å². The fourth-order valence-electron chi connectivity index (χ4n) is 3.01. The van der Waals surface area contributed by atoms with Gasteiger partial charge in [0.1, 0.15) is 5.69 Å². The number of carbonyl (C=O) groups is 2. The minimum absolute atomic E-state index is 0.0828. The van der Waals surface area contributed by atoms with Crippen molar-refractivity contribution in [1.82, 2.24) is 10.1 Å². The molecule has 2 heterocycles. The van der Waals surface area contributed by atoms with Gasteiger partial charge in [0.05, 0.1) is 28.8 Å². The van der Waals surface area contributed by atoms with Crippen molar-refractivity contribution in [1.29, 1.82) is 0 Å². The van der Waals surface area contributed by atoms with E-state index in [1.54, 1.807) is 25.1 Å². The SMILES string of the molecule is CCOC(=O)c1ccc2nc(NC(=O)Cc3noc4cc(C)c(C)cc34)sc2c1. The van der Waals surface area contributed by atoms with Crippen LogP contribution in [0.25, 0.3) is 21.2 Å². The number of benzene rings is 2. The van der Waals surface area contributed by atoms with Crippen molar-refractivity contribution >= 4 is 49.5 Å². The van der Waals surface area contributed by atoms with Gasteiger partial charge in [-0.3, -0.25) is 4.79 Å². The van der Waals surface area contributed by atoms with Gasteiger partial charge in [-0.15, -0.1) is 0 Å². The molecule has 1 N–H and O–H groups in total. The maximum atomic E-state index is 12.5. The zero-order chi connectivity index (χ0) is 20.5. The summed E-state index contributed by atoms with van der Waals surface area (Å²) in [7, 11) is 0. The van der Waals surface area contributed by atoms with Crippen LogP contribution in [0.2, 0.25) is 0 Å². The number of rotatable bonds is 5. The lowest BCUT2D eigenvalue weighted by Gasteiger charge is -2.01. The Bertz CT molecular complexity index is 1240. The molecule has 0 aliphatic heterocycles. The van der Waals surface area contributed by atoms with Gasteiger partial charge >= 0.3 is 5.97 Å². The number of nitrogens with one attached hydrogen (secondary N) is 1. The molecular weight excluding hydrogens is 390 g/mol. The number of aryl methyl sites for hydroxylation is 2. The highest BCUT2D eigenvalue weighted by Crippen LogP contribution is 2.28. The second-order valence-corrected chi connectivity index (χ2v) is 7.74. The number of amides is 1. The molecule has 0 spiro atoms. The summed E-state index contributed by atoms with van der Waals surface area (Å²) in [6, 6.07) is 9.03. The summed E-state index contributed by atoms with van der Waals surface area (Å²) in [5, 5.41) is 8.15. The Hall–Kier alpha value is -3.26. The van der Waals surface area contributed by atoms with E-state index in [-0.39, 0.29) is 18.3 Å². The molecule has 2 aromatic heterocycles. The Morgan fingerprint density at radius 2 is 1.97 bits per heavy atom. The number of thiazole rings is 1. The average molecular weight is 409 g/mol. The number of fused-ring (bicyclic) bond motifs is 2. The van der Waals surface area contributed by atoms with Crippen LogP contribution in [0, 0.1) is 13.8 Å². The zero-order valence-corrected chi connectivity index (χ0v) is 17.1. The number of hydrogen-bond acceptors (Lipinski definition) is 7. The predicted molar refractivity (Wildman–Crippen MR) is 111 cm³/mol. The fourth-order valence-corrected chi connectivity index (χ4v) is 3.93. The number of hydrogen-bond donors (Lipinski definition) is 1. The molecule has 148 valence electrons. The van der Waals surface area contributed by atoms with E-state index in [2.05, 4.69) is 15.5 Å². The van der Waals surface area contributed by atoms with Crippen molar-refractivity contribution in [3.63, 3.8) is 0 Å². The molecule has 2 aromatic carbocycles. The van der Waals surface area contributed by atoms with E-state index in [1.807, 2.05) is 26.0 Å². The minimum Gasteiger partial charge on any atom is -0.462 e. The predicted octanol–water partition coefficient (Wildman–Crippen LogP) is 4.41. The first-order chi connectivity index (χ1) is 13.9. The lowest BCUT2D eigenvalue weighted by molar-refractivity contribution is -0.115. The molecule has 4 aromatic rings. The van der Waals surface area contributed by atoms with Crippen LogP contribution in [0.1, 0.15) is 34.1 Å². The lowest BCUT2D eigenvalue weighted by Crippen LogP contribution is -2.14. The summed E-state index contributed by atoms with van der Waals surface area (Å²) in [6.45, 7) is 6.09. The second-order valence-electron chi connectivity index (χ2n) is 6.71.